The molecule has 100 valence electrons. The molecule has 0 heterocycles. The minimum absolute atomic E-state index is 0.0386. The fourth-order valence-corrected chi connectivity index (χ4v) is 1.27. The van der Waals surface area contributed by atoms with Crippen LogP contribution < -0.4 is 0 Å². The van der Waals surface area contributed by atoms with E-state index >= 15 is 0 Å². The molecular weight excluding hydrogens is 250 g/mol. The number of benzene rings is 1. The molecule has 0 aliphatic heterocycles. The van der Waals surface area contributed by atoms with Gasteiger partial charge in [0.1, 0.15) is 6.29 Å². The predicted molar refractivity (Wildman–Crippen MR) is 65.1 cm³/mol. The number of carbonyl (C=O) groups excluding carboxylic acids is 4. The summed E-state index contributed by atoms with van der Waals surface area (Å²) in [6, 6.07) is 5.62. The lowest BCUT2D eigenvalue weighted by molar-refractivity contribution is -0.178. The summed E-state index contributed by atoms with van der Waals surface area (Å²) in [5, 5.41) is 0.427. The maximum atomic E-state index is 11.7. The maximum Gasteiger partial charge on any atom is 0.363 e. The molecule has 2 amide bonds. The summed E-state index contributed by atoms with van der Waals surface area (Å²) < 4.78 is 0. The van der Waals surface area contributed by atoms with Crippen LogP contribution in [-0.4, -0.2) is 29.1 Å². The van der Waals surface area contributed by atoms with Gasteiger partial charge in [-0.25, -0.2) is 4.79 Å². The number of imide groups is 1. The van der Waals surface area contributed by atoms with Gasteiger partial charge in [0, 0.05) is 18.9 Å². The van der Waals surface area contributed by atoms with Gasteiger partial charge >= 0.3 is 5.97 Å². The van der Waals surface area contributed by atoms with Crippen LogP contribution >= 0.6 is 0 Å². The zero-order valence-electron chi connectivity index (χ0n) is 10.6. The van der Waals surface area contributed by atoms with Crippen LogP contribution in [-0.2, 0) is 14.4 Å². The van der Waals surface area contributed by atoms with Crippen molar-refractivity contribution in [1.82, 2.24) is 5.06 Å². The highest BCUT2D eigenvalue weighted by atomic mass is 16.7. The van der Waals surface area contributed by atoms with E-state index in [9.17, 15) is 19.2 Å². The van der Waals surface area contributed by atoms with Crippen LogP contribution in [0.1, 0.15) is 41.0 Å². The van der Waals surface area contributed by atoms with E-state index in [1.54, 1.807) is 6.92 Å². The number of amides is 2. The Balaban J connectivity index is 2.84. The van der Waals surface area contributed by atoms with E-state index in [4.69, 9.17) is 4.84 Å². The molecule has 6 nitrogen and oxygen atoms in total. The number of hydrogen-bond acceptors (Lipinski definition) is 5. The highest BCUT2D eigenvalue weighted by Gasteiger charge is 2.22. The summed E-state index contributed by atoms with van der Waals surface area (Å²) >= 11 is 0. The third-order valence-corrected chi connectivity index (χ3v) is 2.27. The van der Waals surface area contributed by atoms with E-state index in [-0.39, 0.29) is 12.0 Å². The van der Waals surface area contributed by atoms with Crippen LogP contribution in [0.3, 0.4) is 0 Å². The zero-order chi connectivity index (χ0) is 14.4. The van der Waals surface area contributed by atoms with E-state index in [1.165, 1.54) is 24.3 Å². The highest BCUT2D eigenvalue weighted by molar-refractivity contribution is 5.97. The lowest BCUT2D eigenvalue weighted by Crippen LogP contribution is -2.36. The third kappa shape index (κ3) is 3.74. The smallest absolute Gasteiger partial charge is 0.325 e. The number of hydroxylamine groups is 2. The molecule has 0 aliphatic rings. The van der Waals surface area contributed by atoms with Gasteiger partial charge in [0.2, 0.25) is 0 Å². The topological polar surface area (TPSA) is 80.8 Å². The van der Waals surface area contributed by atoms with Gasteiger partial charge < -0.3 is 4.84 Å². The van der Waals surface area contributed by atoms with Crippen molar-refractivity contribution in [2.24, 2.45) is 0 Å². The lowest BCUT2D eigenvalue weighted by Gasteiger charge is -2.16. The van der Waals surface area contributed by atoms with Crippen molar-refractivity contribution >= 4 is 24.1 Å². The Morgan fingerprint density at radius 3 is 2.21 bits per heavy atom. The third-order valence-electron chi connectivity index (χ3n) is 2.27. The average Bonchev–Trinajstić information content (AvgIpc) is 2.43. The van der Waals surface area contributed by atoms with Gasteiger partial charge in [-0.3, -0.25) is 14.4 Å². The monoisotopic (exact) mass is 263 g/mol. The first-order valence-electron chi connectivity index (χ1n) is 5.60. The van der Waals surface area contributed by atoms with Gasteiger partial charge in [-0.05, 0) is 12.1 Å². The summed E-state index contributed by atoms with van der Waals surface area (Å²) in [5.74, 6) is -2.12. The Bertz CT molecular complexity index is 506. The maximum absolute atomic E-state index is 11.7. The summed E-state index contributed by atoms with van der Waals surface area (Å²) in [4.78, 5) is 49.5. The van der Waals surface area contributed by atoms with Crippen molar-refractivity contribution < 1.29 is 24.0 Å². The average molecular weight is 263 g/mol. The van der Waals surface area contributed by atoms with E-state index in [1.807, 2.05) is 0 Å². The minimum Gasteiger partial charge on any atom is -0.325 e. The van der Waals surface area contributed by atoms with Gasteiger partial charge in [-0.2, -0.15) is 0 Å². The molecule has 0 fully saturated rings. The van der Waals surface area contributed by atoms with Crippen molar-refractivity contribution in [3.8, 4) is 0 Å². The fraction of sp³-hybridized carbons (Fsp3) is 0.231. The Morgan fingerprint density at radius 1 is 1.21 bits per heavy atom. The van der Waals surface area contributed by atoms with E-state index in [0.717, 1.165) is 6.92 Å². The molecule has 0 aliphatic carbocycles. The minimum atomic E-state index is -0.838. The molecule has 0 saturated carbocycles. The molecule has 1 aromatic carbocycles. The second-order valence-corrected chi connectivity index (χ2v) is 3.68. The number of hydrogen-bond donors (Lipinski definition) is 0. The zero-order valence-corrected chi connectivity index (χ0v) is 10.6. The number of nitrogens with zero attached hydrogens (tertiary/aromatic N) is 1. The molecule has 0 N–H and O–H groups in total. The van der Waals surface area contributed by atoms with Crippen LogP contribution in [0.5, 0.6) is 0 Å². The van der Waals surface area contributed by atoms with Gasteiger partial charge in [-0.15, -0.1) is 5.06 Å². The normalized spacial score (nSPS) is 9.58. The SMILES string of the molecule is CCC(=O)N(OC(=O)c1ccc(C=O)cc1)C(C)=O. The molecule has 0 aromatic heterocycles. The first-order valence-corrected chi connectivity index (χ1v) is 5.60. The molecule has 19 heavy (non-hydrogen) atoms. The van der Waals surface area contributed by atoms with Crippen molar-refractivity contribution in [1.29, 1.82) is 0 Å². The molecule has 0 radical (unpaired) electrons. The summed E-state index contributed by atoms with van der Waals surface area (Å²) in [7, 11) is 0. The standard InChI is InChI=1S/C13H13NO5/c1-3-12(17)14(9(2)16)19-13(18)11-6-4-10(8-15)5-7-11/h4-8H,3H2,1-2H3. The molecule has 0 saturated heterocycles. The van der Waals surface area contributed by atoms with Gasteiger partial charge in [0.25, 0.3) is 11.8 Å². The van der Waals surface area contributed by atoms with Gasteiger partial charge in [0.15, 0.2) is 0 Å². The molecule has 0 atom stereocenters. The van der Waals surface area contributed by atoms with Gasteiger partial charge in [0.05, 0.1) is 5.56 Å². The van der Waals surface area contributed by atoms with Crippen molar-refractivity contribution in [2.75, 3.05) is 0 Å². The molecule has 1 aromatic rings. The van der Waals surface area contributed by atoms with E-state index in [0.29, 0.717) is 16.9 Å². The van der Waals surface area contributed by atoms with Crippen LogP contribution in [0.15, 0.2) is 24.3 Å². The van der Waals surface area contributed by atoms with Crippen molar-refractivity contribution in [2.45, 2.75) is 20.3 Å². The van der Waals surface area contributed by atoms with E-state index in [2.05, 4.69) is 0 Å². The molecular formula is C13H13NO5. The van der Waals surface area contributed by atoms with Crippen LogP contribution in [0.4, 0.5) is 0 Å². The number of aldehydes is 1. The van der Waals surface area contributed by atoms with Crippen LogP contribution in [0.2, 0.25) is 0 Å². The fourth-order valence-electron chi connectivity index (χ4n) is 1.27. The quantitative estimate of drug-likeness (QED) is 0.607. The number of rotatable bonds is 3. The second-order valence-electron chi connectivity index (χ2n) is 3.68. The molecule has 0 unspecified atom stereocenters. The van der Waals surface area contributed by atoms with Gasteiger partial charge in [-0.1, -0.05) is 19.1 Å². The summed E-state index contributed by atoms with van der Waals surface area (Å²) in [6.07, 6.45) is 0.675. The Hall–Kier alpha value is -2.50. The van der Waals surface area contributed by atoms with Crippen molar-refractivity contribution in [3.05, 3.63) is 35.4 Å². The molecule has 0 spiro atoms. The number of carbonyl (C=O) groups is 4. The van der Waals surface area contributed by atoms with Crippen LogP contribution in [0, 0.1) is 0 Å². The molecule has 0 bridgehead atoms. The van der Waals surface area contributed by atoms with Crippen molar-refractivity contribution in [3.63, 3.8) is 0 Å². The predicted octanol–water partition coefficient (Wildman–Crippen LogP) is 1.36. The first-order chi connectivity index (χ1) is 8.99. The second kappa shape index (κ2) is 6.44. The first kappa shape index (κ1) is 14.6. The molecule has 6 heteroatoms. The molecule has 1 rings (SSSR count). The largest absolute Gasteiger partial charge is 0.363 e. The summed E-state index contributed by atoms with van der Waals surface area (Å²) in [5.41, 5.74) is 0.547. The Labute approximate surface area is 109 Å². The Kier molecular flexibility index (Phi) is 4.93. The van der Waals surface area contributed by atoms with Crippen LogP contribution in [0.25, 0.3) is 0 Å². The lowest BCUT2D eigenvalue weighted by atomic mass is 10.1. The summed E-state index contributed by atoms with van der Waals surface area (Å²) in [6.45, 7) is 2.67. The highest BCUT2D eigenvalue weighted by Crippen LogP contribution is 2.07. The Morgan fingerprint density at radius 2 is 1.79 bits per heavy atom. The van der Waals surface area contributed by atoms with E-state index < -0.39 is 17.8 Å².